The first-order chi connectivity index (χ1) is 23.7. The van der Waals surface area contributed by atoms with Gasteiger partial charge in [-0.1, -0.05) is 45.4 Å². The van der Waals surface area contributed by atoms with Gasteiger partial charge in [0.05, 0.1) is 31.3 Å². The van der Waals surface area contributed by atoms with Gasteiger partial charge in [-0.3, -0.25) is 19.2 Å². The van der Waals surface area contributed by atoms with Gasteiger partial charge in [-0.25, -0.2) is 0 Å². The van der Waals surface area contributed by atoms with Crippen LogP contribution in [0.5, 0.6) is 0 Å². The number of unbranched alkanes of at least 4 members (excludes halogenated alkanes) is 3. The Morgan fingerprint density at radius 1 is 0.769 bits per heavy atom. The summed E-state index contributed by atoms with van der Waals surface area (Å²) in [5.41, 5.74) is 0. The summed E-state index contributed by atoms with van der Waals surface area (Å²) in [5, 5.41) is 9.64. The quantitative estimate of drug-likeness (QED) is 0.0335. The van der Waals surface area contributed by atoms with E-state index in [1.54, 1.807) is 0 Å². The standard InChI is InChI=1S/C34H72O12Si6/c1-13-14-15-16-24-49(7,8)44-50(9,10)45-52(12,26-17-20-29(27-31(35)36)33(38)41-22-19-23-48(5,6)40)46-51(11,43-47(2,3)4)25-18-21-30-28-32(37)42-34(30)39/h29-30,40H,13-28H2,1-12H3,(H,35,36). The van der Waals surface area contributed by atoms with Crippen LogP contribution >= 0.6 is 0 Å². The summed E-state index contributed by atoms with van der Waals surface area (Å²) in [6.45, 7) is 25.1. The smallest absolute Gasteiger partial charge is 0.317 e. The average molecular weight is 841 g/mol. The van der Waals surface area contributed by atoms with E-state index in [4.69, 9.17) is 25.9 Å². The number of carboxylic acid groups (broad SMARTS) is 1. The number of rotatable bonds is 28. The molecule has 1 aliphatic heterocycles. The Morgan fingerprint density at radius 3 is 1.92 bits per heavy atom. The summed E-state index contributed by atoms with van der Waals surface area (Å²) < 4.78 is 38.4. The highest BCUT2D eigenvalue weighted by Crippen LogP contribution is 2.35. The molecule has 18 heteroatoms. The number of ether oxygens (including phenoxy) is 2. The zero-order chi connectivity index (χ0) is 40.0. The lowest BCUT2D eigenvalue weighted by Gasteiger charge is -2.44. The van der Waals surface area contributed by atoms with Crippen LogP contribution in [0.15, 0.2) is 0 Å². The van der Waals surface area contributed by atoms with Crippen molar-refractivity contribution in [3.05, 3.63) is 0 Å². The molecule has 2 N–H and O–H groups in total. The summed E-state index contributed by atoms with van der Waals surface area (Å²) >= 11 is 0. The third-order valence-corrected chi connectivity index (χ3v) is 30.0. The zero-order valence-electron chi connectivity index (χ0n) is 34.4. The average Bonchev–Trinajstić information content (AvgIpc) is 3.25. The number of hydrogen-bond donors (Lipinski definition) is 2. The second kappa shape index (κ2) is 21.5. The van der Waals surface area contributed by atoms with Crippen LogP contribution in [0.3, 0.4) is 0 Å². The normalized spacial score (nSPS) is 18.8. The minimum absolute atomic E-state index is 0.0960. The maximum absolute atomic E-state index is 13.1. The van der Waals surface area contributed by atoms with E-state index < -0.39 is 86.3 Å². The fourth-order valence-electron chi connectivity index (χ4n) is 6.98. The third-order valence-electron chi connectivity index (χ3n) is 8.83. The maximum Gasteiger partial charge on any atom is 0.317 e. The second-order valence-corrected chi connectivity index (χ2v) is 41.6. The number of carbonyl (C=O) groups excluding carboxylic acids is 3. The van der Waals surface area contributed by atoms with Crippen molar-refractivity contribution in [1.29, 1.82) is 0 Å². The molecule has 1 heterocycles. The molecule has 0 radical (unpaired) electrons. The molecule has 0 aliphatic carbocycles. The lowest BCUT2D eigenvalue weighted by molar-refractivity contribution is -0.153. The Hall–Kier alpha value is -0.819. The fraction of sp³-hybridized carbons (Fsp3) is 0.882. The molecule has 0 aromatic heterocycles. The van der Waals surface area contributed by atoms with E-state index in [0.717, 1.165) is 12.5 Å². The Balaban J connectivity index is 3.28. The maximum atomic E-state index is 13.1. The van der Waals surface area contributed by atoms with Gasteiger partial charge in [0, 0.05) is 0 Å². The molecule has 52 heavy (non-hydrogen) atoms. The van der Waals surface area contributed by atoms with Crippen molar-refractivity contribution in [3.8, 4) is 0 Å². The highest BCUT2D eigenvalue weighted by Gasteiger charge is 2.49. The van der Waals surface area contributed by atoms with Crippen molar-refractivity contribution < 1.29 is 55.0 Å². The number of cyclic esters (lactones) is 2. The van der Waals surface area contributed by atoms with E-state index in [0.29, 0.717) is 50.2 Å². The lowest BCUT2D eigenvalue weighted by Crippen LogP contribution is -2.60. The van der Waals surface area contributed by atoms with Gasteiger partial charge in [0.1, 0.15) is 0 Å². The van der Waals surface area contributed by atoms with E-state index in [-0.39, 0.29) is 19.4 Å². The molecule has 0 amide bonds. The van der Waals surface area contributed by atoms with Crippen LogP contribution in [0.1, 0.15) is 77.6 Å². The van der Waals surface area contributed by atoms with Crippen LogP contribution < -0.4 is 0 Å². The number of hydrogen-bond acceptors (Lipinski definition) is 11. The molecule has 1 saturated heterocycles. The minimum atomic E-state index is -3.11. The molecule has 0 spiro atoms. The van der Waals surface area contributed by atoms with Crippen LogP contribution in [0.4, 0.5) is 0 Å². The van der Waals surface area contributed by atoms with E-state index in [9.17, 15) is 29.1 Å². The van der Waals surface area contributed by atoms with Gasteiger partial charge in [0.2, 0.25) is 0 Å². The van der Waals surface area contributed by atoms with E-state index in [2.05, 4.69) is 59.3 Å². The molecule has 0 bridgehead atoms. The van der Waals surface area contributed by atoms with Crippen molar-refractivity contribution in [3.63, 3.8) is 0 Å². The van der Waals surface area contributed by atoms with Gasteiger partial charge in [-0.2, -0.15) is 0 Å². The number of aliphatic carboxylic acids is 1. The SMILES string of the molecule is CCCCCC[Si](C)(C)O[Si](C)(C)O[Si](C)(CCCC(CC(=O)O)C(=O)OCCC[Si](C)(C)O)O[Si](C)(CCCC1CC(=O)OC1=O)O[Si](C)(C)C. The van der Waals surface area contributed by atoms with Gasteiger partial charge >= 0.3 is 49.6 Å². The fourth-order valence-corrected chi connectivity index (χ4v) is 32.8. The first-order valence-electron chi connectivity index (χ1n) is 19.3. The topological polar surface area (TPSA) is 164 Å². The summed E-state index contributed by atoms with van der Waals surface area (Å²) in [5.74, 6) is -3.83. The minimum Gasteiger partial charge on any atom is -0.481 e. The molecule has 4 atom stereocenters. The molecule has 1 rings (SSSR count). The monoisotopic (exact) mass is 840 g/mol. The summed E-state index contributed by atoms with van der Waals surface area (Å²) in [7, 11) is -15.3. The largest absolute Gasteiger partial charge is 0.481 e. The third kappa shape index (κ3) is 21.9. The van der Waals surface area contributed by atoms with Crippen molar-refractivity contribution >= 4 is 74.5 Å². The van der Waals surface area contributed by atoms with Gasteiger partial charge in [0.15, 0.2) is 25.0 Å². The van der Waals surface area contributed by atoms with Crippen LogP contribution in [-0.4, -0.2) is 91.0 Å². The number of esters is 3. The molecule has 0 aromatic rings. The summed E-state index contributed by atoms with van der Waals surface area (Å²) in [6, 6.07) is 2.73. The number of carboxylic acids is 1. The van der Waals surface area contributed by atoms with Gasteiger partial charge < -0.3 is 35.8 Å². The summed E-state index contributed by atoms with van der Waals surface area (Å²) in [4.78, 5) is 58.9. The molecule has 12 nitrogen and oxygen atoms in total. The Morgan fingerprint density at radius 2 is 1.38 bits per heavy atom. The molecule has 1 fully saturated rings. The van der Waals surface area contributed by atoms with Crippen molar-refractivity contribution in [2.75, 3.05) is 6.61 Å². The van der Waals surface area contributed by atoms with Crippen LogP contribution in [0, 0.1) is 11.8 Å². The van der Waals surface area contributed by atoms with Gasteiger partial charge in [0.25, 0.3) is 0 Å². The van der Waals surface area contributed by atoms with E-state index >= 15 is 0 Å². The molecule has 0 aromatic carbocycles. The van der Waals surface area contributed by atoms with Crippen molar-refractivity contribution in [1.82, 2.24) is 0 Å². The van der Waals surface area contributed by atoms with E-state index in [1.807, 2.05) is 19.6 Å². The Kier molecular flexibility index (Phi) is 20.3. The Labute approximate surface area is 320 Å². The highest BCUT2D eigenvalue weighted by molar-refractivity contribution is 6.91. The molecular weight excluding hydrogens is 769 g/mol. The Bertz CT molecular complexity index is 1160. The predicted octanol–water partition coefficient (Wildman–Crippen LogP) is 8.39. The first kappa shape index (κ1) is 49.2. The summed E-state index contributed by atoms with van der Waals surface area (Å²) in [6.07, 6.45) is 6.89. The van der Waals surface area contributed by atoms with Gasteiger partial charge in [-0.05, 0) is 115 Å². The molecule has 1 aliphatic rings. The predicted molar refractivity (Wildman–Crippen MR) is 218 cm³/mol. The molecular formula is C34H72O12Si6. The molecule has 4 unspecified atom stereocenters. The highest BCUT2D eigenvalue weighted by atomic mass is 28.5. The zero-order valence-corrected chi connectivity index (χ0v) is 40.4. The van der Waals surface area contributed by atoms with Gasteiger partial charge in [-0.15, -0.1) is 0 Å². The molecule has 0 saturated carbocycles. The van der Waals surface area contributed by atoms with Crippen LogP contribution in [0.2, 0.25) is 96.2 Å². The van der Waals surface area contributed by atoms with Crippen LogP contribution in [-0.2, 0) is 45.1 Å². The second-order valence-electron chi connectivity index (χ2n) is 17.6. The van der Waals surface area contributed by atoms with E-state index in [1.165, 1.54) is 19.3 Å². The first-order valence-corrected chi connectivity index (χ1v) is 36.9. The molecule has 304 valence electrons. The lowest BCUT2D eigenvalue weighted by atomic mass is 10.0. The number of carbonyl (C=O) groups is 4. The van der Waals surface area contributed by atoms with Crippen molar-refractivity contribution in [2.24, 2.45) is 11.8 Å². The van der Waals surface area contributed by atoms with Crippen molar-refractivity contribution in [2.45, 2.75) is 174 Å². The van der Waals surface area contributed by atoms with Crippen LogP contribution in [0.25, 0.3) is 0 Å².